The number of hydrogen-bond acceptors (Lipinski definition) is 1. The molecule has 0 amide bonds. The van der Waals surface area contributed by atoms with E-state index in [2.05, 4.69) is 209 Å². The van der Waals surface area contributed by atoms with Crippen LogP contribution in [0.3, 0.4) is 0 Å². The number of nitrogens with zero attached hydrogens (tertiary/aromatic N) is 1. The molecule has 238 valence electrons. The monoisotopic (exact) mass is 631 g/mol. The van der Waals surface area contributed by atoms with E-state index in [-0.39, 0.29) is 10.8 Å². The molecule has 0 saturated heterocycles. The van der Waals surface area contributed by atoms with Crippen molar-refractivity contribution in [1.82, 2.24) is 0 Å². The lowest BCUT2D eigenvalue weighted by atomic mass is 9.55. The van der Waals surface area contributed by atoms with Crippen molar-refractivity contribution in [2.45, 2.75) is 38.5 Å². The van der Waals surface area contributed by atoms with Gasteiger partial charge in [0.2, 0.25) is 0 Å². The van der Waals surface area contributed by atoms with Gasteiger partial charge in [-0.3, -0.25) is 0 Å². The molecule has 0 heterocycles. The smallest absolute Gasteiger partial charge is 0.0462 e. The summed E-state index contributed by atoms with van der Waals surface area (Å²) in [6.45, 7) is 9.60. The van der Waals surface area contributed by atoms with Crippen LogP contribution in [-0.2, 0) is 10.8 Å². The standard InChI is InChI=1S/C48H41N/c1-47(2)45-30-24-38(35-16-10-6-11-17-35)32-43(45)44-33-39(25-31-46(44)48(47,3)4)37-22-28-42(29-23-37)49(40-18-12-7-13-19-40)41-26-20-36(21-27-41)34-14-8-5-9-15-34/h5-33H,1-4H3. The number of fused-ring (bicyclic) bond motifs is 3. The molecule has 1 heteroatoms. The van der Waals surface area contributed by atoms with Gasteiger partial charge in [-0.2, -0.15) is 0 Å². The maximum Gasteiger partial charge on any atom is 0.0462 e. The van der Waals surface area contributed by atoms with Gasteiger partial charge in [-0.25, -0.2) is 0 Å². The molecule has 0 bridgehead atoms. The molecular formula is C48H41N. The minimum atomic E-state index is -0.0295. The molecule has 0 atom stereocenters. The molecule has 0 radical (unpaired) electrons. The average Bonchev–Trinajstić information content (AvgIpc) is 3.16. The van der Waals surface area contributed by atoms with Crippen LogP contribution < -0.4 is 4.90 Å². The van der Waals surface area contributed by atoms with E-state index in [0.717, 1.165) is 17.1 Å². The summed E-state index contributed by atoms with van der Waals surface area (Å²) in [5, 5.41) is 0. The highest BCUT2D eigenvalue weighted by Crippen LogP contribution is 2.55. The van der Waals surface area contributed by atoms with E-state index in [4.69, 9.17) is 0 Å². The van der Waals surface area contributed by atoms with E-state index in [9.17, 15) is 0 Å². The number of hydrogen-bond donors (Lipinski definition) is 0. The Morgan fingerprint density at radius 2 is 0.612 bits per heavy atom. The molecule has 0 spiro atoms. The normalized spacial score (nSPS) is 14.0. The maximum atomic E-state index is 2.42. The van der Waals surface area contributed by atoms with Gasteiger partial charge in [0.05, 0.1) is 0 Å². The molecular weight excluding hydrogens is 591 g/mol. The van der Waals surface area contributed by atoms with Gasteiger partial charge in [0.25, 0.3) is 0 Å². The summed E-state index contributed by atoms with van der Waals surface area (Å²) >= 11 is 0. The lowest BCUT2D eigenvalue weighted by Gasteiger charge is -2.48. The summed E-state index contributed by atoms with van der Waals surface area (Å²) in [4.78, 5) is 2.33. The Morgan fingerprint density at radius 1 is 0.306 bits per heavy atom. The highest BCUT2D eigenvalue weighted by molar-refractivity contribution is 5.86. The lowest BCUT2D eigenvalue weighted by Crippen LogP contribution is -2.43. The molecule has 0 fully saturated rings. The van der Waals surface area contributed by atoms with Gasteiger partial charge in [-0.05, 0) is 115 Å². The van der Waals surface area contributed by atoms with Gasteiger partial charge in [0.15, 0.2) is 0 Å². The Labute approximate surface area is 291 Å². The first-order chi connectivity index (χ1) is 23.8. The average molecular weight is 632 g/mol. The Balaban J connectivity index is 1.18. The van der Waals surface area contributed by atoms with Crippen molar-refractivity contribution in [1.29, 1.82) is 0 Å². The van der Waals surface area contributed by atoms with Crippen LogP contribution in [0.5, 0.6) is 0 Å². The molecule has 1 nitrogen and oxygen atoms in total. The molecule has 0 N–H and O–H groups in total. The molecule has 1 aliphatic carbocycles. The van der Waals surface area contributed by atoms with Crippen LogP contribution >= 0.6 is 0 Å². The first kappa shape index (κ1) is 30.7. The molecule has 0 unspecified atom stereocenters. The van der Waals surface area contributed by atoms with Gasteiger partial charge in [-0.15, -0.1) is 0 Å². The van der Waals surface area contributed by atoms with Crippen LogP contribution in [-0.4, -0.2) is 0 Å². The first-order valence-electron chi connectivity index (χ1n) is 17.3. The fraction of sp³-hybridized carbons (Fsp3) is 0.125. The van der Waals surface area contributed by atoms with Gasteiger partial charge >= 0.3 is 0 Å². The summed E-state index contributed by atoms with van der Waals surface area (Å²) in [7, 11) is 0. The van der Waals surface area contributed by atoms with E-state index < -0.39 is 0 Å². The fourth-order valence-corrected chi connectivity index (χ4v) is 7.55. The Bertz CT molecular complexity index is 2230. The van der Waals surface area contributed by atoms with Crippen molar-refractivity contribution in [3.05, 3.63) is 187 Å². The minimum absolute atomic E-state index is 0.0199. The van der Waals surface area contributed by atoms with Crippen LogP contribution in [0.2, 0.25) is 0 Å². The summed E-state index contributed by atoms with van der Waals surface area (Å²) in [6.07, 6.45) is 0. The molecule has 8 rings (SSSR count). The molecule has 0 aromatic heterocycles. The Morgan fingerprint density at radius 3 is 1.04 bits per heavy atom. The van der Waals surface area contributed by atoms with E-state index in [1.165, 1.54) is 55.6 Å². The van der Waals surface area contributed by atoms with E-state index in [0.29, 0.717) is 0 Å². The zero-order chi connectivity index (χ0) is 33.6. The molecule has 49 heavy (non-hydrogen) atoms. The zero-order valence-corrected chi connectivity index (χ0v) is 28.7. The molecule has 0 aliphatic heterocycles. The predicted octanol–water partition coefficient (Wildman–Crippen LogP) is 13.4. The third-order valence-corrected chi connectivity index (χ3v) is 11.1. The van der Waals surface area contributed by atoms with Crippen LogP contribution in [0, 0.1) is 0 Å². The van der Waals surface area contributed by atoms with Crippen LogP contribution in [0.25, 0.3) is 44.5 Å². The van der Waals surface area contributed by atoms with Crippen molar-refractivity contribution >= 4 is 17.1 Å². The molecule has 1 aliphatic rings. The third-order valence-electron chi connectivity index (χ3n) is 11.1. The maximum absolute atomic E-state index is 2.42. The minimum Gasteiger partial charge on any atom is -0.311 e. The molecule has 7 aromatic carbocycles. The molecule has 0 saturated carbocycles. The van der Waals surface area contributed by atoms with Crippen LogP contribution in [0.1, 0.15) is 38.8 Å². The highest BCUT2D eigenvalue weighted by atomic mass is 15.1. The van der Waals surface area contributed by atoms with Crippen molar-refractivity contribution in [3.63, 3.8) is 0 Å². The van der Waals surface area contributed by atoms with Crippen LogP contribution in [0.15, 0.2) is 176 Å². The van der Waals surface area contributed by atoms with Crippen molar-refractivity contribution in [2.24, 2.45) is 0 Å². The van der Waals surface area contributed by atoms with Crippen molar-refractivity contribution in [2.75, 3.05) is 4.90 Å². The van der Waals surface area contributed by atoms with E-state index >= 15 is 0 Å². The van der Waals surface area contributed by atoms with Crippen LogP contribution in [0.4, 0.5) is 17.1 Å². The summed E-state index contributed by atoms with van der Waals surface area (Å²) in [5.41, 5.74) is 16.2. The summed E-state index contributed by atoms with van der Waals surface area (Å²) in [5.74, 6) is 0. The third kappa shape index (κ3) is 5.36. The number of para-hydroxylation sites is 1. The summed E-state index contributed by atoms with van der Waals surface area (Å²) < 4.78 is 0. The number of benzene rings is 7. The first-order valence-corrected chi connectivity index (χ1v) is 17.3. The highest BCUT2D eigenvalue weighted by Gasteiger charge is 2.45. The second kappa shape index (κ2) is 12.1. The van der Waals surface area contributed by atoms with Gasteiger partial charge in [-0.1, -0.05) is 155 Å². The Hall–Kier alpha value is -5.66. The van der Waals surface area contributed by atoms with Gasteiger partial charge < -0.3 is 4.90 Å². The number of anilines is 3. The van der Waals surface area contributed by atoms with Crippen molar-refractivity contribution in [3.8, 4) is 44.5 Å². The van der Waals surface area contributed by atoms with E-state index in [1.807, 2.05) is 0 Å². The Kier molecular flexibility index (Phi) is 7.57. The summed E-state index contributed by atoms with van der Waals surface area (Å²) in [6, 6.07) is 64.0. The second-order valence-electron chi connectivity index (χ2n) is 14.3. The van der Waals surface area contributed by atoms with Gasteiger partial charge in [0, 0.05) is 17.1 Å². The number of rotatable bonds is 6. The predicted molar refractivity (Wildman–Crippen MR) is 209 cm³/mol. The van der Waals surface area contributed by atoms with Gasteiger partial charge in [0.1, 0.15) is 0 Å². The quantitative estimate of drug-likeness (QED) is 0.176. The fourth-order valence-electron chi connectivity index (χ4n) is 7.55. The zero-order valence-electron chi connectivity index (χ0n) is 28.7. The molecule has 7 aromatic rings. The second-order valence-corrected chi connectivity index (χ2v) is 14.3. The SMILES string of the molecule is CC1(C)c2ccc(-c3ccccc3)cc2-c2cc(-c3ccc(N(c4ccccc4)c4ccc(-c5ccccc5)cc4)cc3)ccc2C1(C)C. The lowest BCUT2D eigenvalue weighted by molar-refractivity contribution is 0.299. The van der Waals surface area contributed by atoms with Crippen molar-refractivity contribution < 1.29 is 0 Å². The topological polar surface area (TPSA) is 3.24 Å². The van der Waals surface area contributed by atoms with E-state index in [1.54, 1.807) is 0 Å². The largest absolute Gasteiger partial charge is 0.311 e.